The summed E-state index contributed by atoms with van der Waals surface area (Å²) in [4.78, 5) is 0. The third-order valence-corrected chi connectivity index (χ3v) is 3.23. The number of benzene rings is 1. The number of anilines is 1. The van der Waals surface area contributed by atoms with Crippen molar-refractivity contribution in [1.82, 2.24) is 0 Å². The summed E-state index contributed by atoms with van der Waals surface area (Å²) < 4.78 is 5.13. The Kier molecular flexibility index (Phi) is 3.67. The van der Waals surface area contributed by atoms with Crippen LogP contribution in [0.4, 0.5) is 5.69 Å². The fourth-order valence-electron chi connectivity index (χ4n) is 2.19. The zero-order valence-corrected chi connectivity index (χ0v) is 9.78. The van der Waals surface area contributed by atoms with Gasteiger partial charge >= 0.3 is 0 Å². The van der Waals surface area contributed by atoms with E-state index in [2.05, 4.69) is 17.4 Å². The zero-order valence-electron chi connectivity index (χ0n) is 9.78. The topological polar surface area (TPSA) is 47.3 Å². The lowest BCUT2D eigenvalue weighted by molar-refractivity contribution is 0.410. The van der Waals surface area contributed by atoms with Gasteiger partial charge in [0, 0.05) is 17.8 Å². The second-order valence-corrected chi connectivity index (χ2v) is 4.48. The number of ether oxygens (including phenoxy) is 1. The maximum atomic E-state index is 5.88. The van der Waals surface area contributed by atoms with Crippen molar-refractivity contribution in [2.45, 2.75) is 37.8 Å². The number of hydrogen-bond acceptors (Lipinski definition) is 3. The summed E-state index contributed by atoms with van der Waals surface area (Å²) in [5, 5.41) is 3.54. The highest BCUT2D eigenvalue weighted by molar-refractivity contribution is 5.47. The van der Waals surface area contributed by atoms with Gasteiger partial charge in [-0.15, -0.1) is 0 Å². The van der Waals surface area contributed by atoms with Crippen LogP contribution in [0.25, 0.3) is 0 Å². The van der Waals surface area contributed by atoms with Crippen molar-refractivity contribution in [3.8, 4) is 5.75 Å². The number of hydrogen-bond donors (Lipinski definition) is 2. The average Bonchev–Trinajstić information content (AvgIpc) is 2.33. The van der Waals surface area contributed by atoms with E-state index in [1.54, 1.807) is 7.11 Å². The molecule has 0 heterocycles. The van der Waals surface area contributed by atoms with Gasteiger partial charge in [-0.05, 0) is 49.9 Å². The van der Waals surface area contributed by atoms with Crippen LogP contribution in [0.1, 0.15) is 25.7 Å². The lowest BCUT2D eigenvalue weighted by atomic mass is 9.92. The van der Waals surface area contributed by atoms with E-state index in [0.717, 1.165) is 18.6 Å². The van der Waals surface area contributed by atoms with E-state index in [9.17, 15) is 0 Å². The van der Waals surface area contributed by atoms with Crippen LogP contribution >= 0.6 is 0 Å². The first kappa shape index (κ1) is 11.3. The number of rotatable bonds is 3. The van der Waals surface area contributed by atoms with Crippen molar-refractivity contribution in [3.05, 3.63) is 24.3 Å². The minimum absolute atomic E-state index is 0.411. The van der Waals surface area contributed by atoms with E-state index in [1.165, 1.54) is 18.5 Å². The van der Waals surface area contributed by atoms with Crippen molar-refractivity contribution in [2.24, 2.45) is 5.73 Å². The summed E-state index contributed by atoms with van der Waals surface area (Å²) in [5.41, 5.74) is 7.05. The molecule has 1 aromatic carbocycles. The van der Waals surface area contributed by atoms with Gasteiger partial charge in [0.05, 0.1) is 7.11 Å². The van der Waals surface area contributed by atoms with Crippen LogP contribution in [0.3, 0.4) is 0 Å². The molecule has 0 aliphatic heterocycles. The maximum absolute atomic E-state index is 5.88. The van der Waals surface area contributed by atoms with Gasteiger partial charge in [-0.1, -0.05) is 0 Å². The van der Waals surface area contributed by atoms with Crippen LogP contribution in [0.5, 0.6) is 5.75 Å². The van der Waals surface area contributed by atoms with Gasteiger partial charge in [0.15, 0.2) is 0 Å². The third-order valence-electron chi connectivity index (χ3n) is 3.23. The zero-order chi connectivity index (χ0) is 11.4. The molecule has 1 aliphatic carbocycles. The first-order chi connectivity index (χ1) is 7.78. The van der Waals surface area contributed by atoms with Gasteiger partial charge in [-0.2, -0.15) is 0 Å². The van der Waals surface area contributed by atoms with E-state index < -0.39 is 0 Å². The second kappa shape index (κ2) is 5.21. The fourth-order valence-corrected chi connectivity index (χ4v) is 2.19. The van der Waals surface area contributed by atoms with Crippen molar-refractivity contribution < 1.29 is 4.74 Å². The van der Waals surface area contributed by atoms with Crippen LogP contribution < -0.4 is 15.8 Å². The predicted molar refractivity (Wildman–Crippen MR) is 66.8 cm³/mol. The van der Waals surface area contributed by atoms with Crippen LogP contribution in [0, 0.1) is 0 Å². The Morgan fingerprint density at radius 3 is 2.31 bits per heavy atom. The lowest BCUT2D eigenvalue weighted by Crippen LogP contribution is -2.32. The molecule has 1 aliphatic rings. The van der Waals surface area contributed by atoms with Crippen molar-refractivity contribution in [3.63, 3.8) is 0 Å². The molecule has 3 N–H and O–H groups in total. The van der Waals surface area contributed by atoms with Crippen LogP contribution in [0.2, 0.25) is 0 Å². The highest BCUT2D eigenvalue weighted by Crippen LogP contribution is 2.22. The van der Waals surface area contributed by atoms with E-state index >= 15 is 0 Å². The Balaban J connectivity index is 1.88. The Morgan fingerprint density at radius 2 is 1.75 bits per heavy atom. The highest BCUT2D eigenvalue weighted by atomic mass is 16.5. The first-order valence-corrected chi connectivity index (χ1v) is 5.94. The van der Waals surface area contributed by atoms with Gasteiger partial charge in [-0.3, -0.25) is 0 Å². The molecule has 1 aromatic rings. The largest absolute Gasteiger partial charge is 0.497 e. The van der Waals surface area contributed by atoms with Gasteiger partial charge in [0.2, 0.25) is 0 Å². The Hall–Kier alpha value is -1.22. The molecule has 0 saturated heterocycles. The Labute approximate surface area is 97.0 Å². The fraction of sp³-hybridized carbons (Fsp3) is 0.538. The monoisotopic (exact) mass is 220 g/mol. The molecular weight excluding hydrogens is 200 g/mol. The molecule has 1 saturated carbocycles. The second-order valence-electron chi connectivity index (χ2n) is 4.48. The van der Waals surface area contributed by atoms with Gasteiger partial charge < -0.3 is 15.8 Å². The van der Waals surface area contributed by atoms with Gasteiger partial charge in [-0.25, -0.2) is 0 Å². The molecule has 3 heteroatoms. The van der Waals surface area contributed by atoms with Crippen LogP contribution in [-0.2, 0) is 0 Å². The van der Waals surface area contributed by atoms with Gasteiger partial charge in [0.1, 0.15) is 5.75 Å². The van der Waals surface area contributed by atoms with Crippen LogP contribution in [-0.4, -0.2) is 19.2 Å². The van der Waals surface area contributed by atoms with E-state index in [0.29, 0.717) is 12.1 Å². The summed E-state index contributed by atoms with van der Waals surface area (Å²) in [6.45, 7) is 0. The molecule has 0 amide bonds. The summed E-state index contributed by atoms with van der Waals surface area (Å²) in [5.74, 6) is 0.899. The molecule has 0 aromatic heterocycles. The summed E-state index contributed by atoms with van der Waals surface area (Å²) in [6.07, 6.45) is 4.61. The SMILES string of the molecule is COc1ccc(NC2CCC(N)CC2)cc1. The molecule has 0 atom stereocenters. The van der Waals surface area contributed by atoms with Crippen LogP contribution in [0.15, 0.2) is 24.3 Å². The minimum Gasteiger partial charge on any atom is -0.497 e. The van der Waals surface area contributed by atoms with E-state index in [-0.39, 0.29) is 0 Å². The molecule has 88 valence electrons. The molecule has 0 bridgehead atoms. The van der Waals surface area contributed by atoms with Crippen molar-refractivity contribution in [2.75, 3.05) is 12.4 Å². The summed E-state index contributed by atoms with van der Waals surface area (Å²) in [6, 6.07) is 9.08. The van der Waals surface area contributed by atoms with E-state index in [4.69, 9.17) is 10.5 Å². The van der Waals surface area contributed by atoms with E-state index in [1.807, 2.05) is 12.1 Å². The van der Waals surface area contributed by atoms with Crippen molar-refractivity contribution >= 4 is 5.69 Å². The summed E-state index contributed by atoms with van der Waals surface area (Å²) in [7, 11) is 1.69. The smallest absolute Gasteiger partial charge is 0.119 e. The highest BCUT2D eigenvalue weighted by Gasteiger charge is 2.17. The normalized spacial score (nSPS) is 25.1. The standard InChI is InChI=1S/C13H20N2O/c1-16-13-8-6-12(7-9-13)15-11-4-2-10(14)3-5-11/h6-11,15H,2-5,14H2,1H3. The quantitative estimate of drug-likeness (QED) is 0.822. The number of nitrogens with one attached hydrogen (secondary N) is 1. The predicted octanol–water partition coefficient (Wildman–Crippen LogP) is 2.38. The molecule has 0 radical (unpaired) electrons. The van der Waals surface area contributed by atoms with Crippen molar-refractivity contribution in [1.29, 1.82) is 0 Å². The Bertz CT molecular complexity index is 315. The summed E-state index contributed by atoms with van der Waals surface area (Å²) >= 11 is 0. The Morgan fingerprint density at radius 1 is 1.12 bits per heavy atom. The molecule has 2 rings (SSSR count). The maximum Gasteiger partial charge on any atom is 0.119 e. The third kappa shape index (κ3) is 2.89. The molecule has 16 heavy (non-hydrogen) atoms. The molecule has 0 unspecified atom stereocenters. The molecular formula is C13H20N2O. The number of nitrogens with two attached hydrogens (primary N) is 1. The van der Waals surface area contributed by atoms with Gasteiger partial charge in [0.25, 0.3) is 0 Å². The molecule has 0 spiro atoms. The minimum atomic E-state index is 0.411. The molecule has 1 fully saturated rings. The lowest BCUT2D eigenvalue weighted by Gasteiger charge is -2.27. The average molecular weight is 220 g/mol. The molecule has 3 nitrogen and oxygen atoms in total. The first-order valence-electron chi connectivity index (χ1n) is 5.94. The number of methoxy groups -OCH3 is 1.